The maximum Gasteiger partial charge on any atom is 0.473 e. The molecule has 3 heterocycles. The van der Waals surface area contributed by atoms with Gasteiger partial charge in [0.1, 0.15) is 11.4 Å². The summed E-state index contributed by atoms with van der Waals surface area (Å²) in [5.41, 5.74) is 0.233. The van der Waals surface area contributed by atoms with E-state index in [1.807, 2.05) is 0 Å². The van der Waals surface area contributed by atoms with Crippen LogP contribution >= 0.6 is 7.82 Å². The maximum atomic E-state index is 16.1. The van der Waals surface area contributed by atoms with E-state index in [0.29, 0.717) is 54.9 Å². The number of nitrogens with one attached hydrogen (secondary N) is 3. The first kappa shape index (κ1) is 31.9. The Bertz CT molecular complexity index is 1410. The van der Waals surface area contributed by atoms with Crippen LogP contribution in [0.1, 0.15) is 51.1 Å². The number of nitrogens with zero attached hydrogens (tertiary/aromatic N) is 3. The van der Waals surface area contributed by atoms with E-state index in [1.54, 1.807) is 6.92 Å². The Morgan fingerprint density at radius 3 is 2.67 bits per heavy atom. The van der Waals surface area contributed by atoms with Crippen molar-refractivity contribution in [2.75, 3.05) is 52.0 Å². The molecule has 0 bridgehead atoms. The number of aromatic nitrogens is 4. The SMILES string of the molecule is CCNC(=O)Nc1nc2cc(-c3cnc(C(C)(C)OP(=O)(O)OCCOCCOC)nc3)c(F)c([C@H]3CCCO3)c2[nH]1. The number of anilines is 1. The first-order valence-electron chi connectivity index (χ1n) is 13.5. The molecule has 1 unspecified atom stereocenters. The summed E-state index contributed by atoms with van der Waals surface area (Å²) in [4.78, 5) is 38.2. The van der Waals surface area contributed by atoms with Crippen LogP contribution in [0, 0.1) is 5.82 Å². The quantitative estimate of drug-likeness (QED) is 0.152. The van der Waals surface area contributed by atoms with E-state index in [0.717, 1.165) is 6.42 Å². The second-order valence-corrected chi connectivity index (χ2v) is 11.3. The smallest absolute Gasteiger partial charge is 0.382 e. The van der Waals surface area contributed by atoms with Crippen LogP contribution in [-0.2, 0) is 33.4 Å². The summed E-state index contributed by atoms with van der Waals surface area (Å²) in [5, 5.41) is 5.23. The lowest BCUT2D eigenvalue weighted by molar-refractivity contribution is 0.0180. The number of imidazole rings is 1. The molecular weight excluding hydrogens is 574 g/mol. The van der Waals surface area contributed by atoms with Crippen molar-refractivity contribution in [2.45, 2.75) is 45.3 Å². The van der Waals surface area contributed by atoms with Gasteiger partial charge in [0.15, 0.2) is 5.82 Å². The third-order valence-corrected chi connectivity index (χ3v) is 7.53. The fraction of sp³-hybridized carbons (Fsp3) is 0.538. The third-order valence-electron chi connectivity index (χ3n) is 6.33. The number of methoxy groups -OCH3 is 1. The van der Waals surface area contributed by atoms with Gasteiger partial charge < -0.3 is 29.4 Å². The lowest BCUT2D eigenvalue weighted by atomic mass is 9.98. The van der Waals surface area contributed by atoms with Crippen LogP contribution in [-0.4, -0.2) is 77.5 Å². The molecule has 1 saturated heterocycles. The summed E-state index contributed by atoms with van der Waals surface area (Å²) in [6.45, 7) is 6.35. The fourth-order valence-corrected chi connectivity index (χ4v) is 5.45. The van der Waals surface area contributed by atoms with Gasteiger partial charge >= 0.3 is 13.9 Å². The highest BCUT2D eigenvalue weighted by atomic mass is 31.2. The summed E-state index contributed by atoms with van der Waals surface area (Å²) in [6, 6.07) is 1.09. The molecule has 2 amide bonds. The van der Waals surface area contributed by atoms with E-state index in [4.69, 9.17) is 23.3 Å². The van der Waals surface area contributed by atoms with E-state index in [1.165, 1.54) is 39.4 Å². The van der Waals surface area contributed by atoms with Crippen LogP contribution in [0.3, 0.4) is 0 Å². The van der Waals surface area contributed by atoms with Crippen molar-refractivity contribution in [3.63, 3.8) is 0 Å². The molecule has 16 heteroatoms. The molecule has 1 aliphatic rings. The lowest BCUT2D eigenvalue weighted by Crippen LogP contribution is -2.28. The van der Waals surface area contributed by atoms with E-state index in [2.05, 4.69) is 30.6 Å². The Morgan fingerprint density at radius 2 is 2.00 bits per heavy atom. The first-order valence-corrected chi connectivity index (χ1v) is 15.0. The molecule has 4 rings (SSSR count). The number of benzene rings is 1. The molecule has 42 heavy (non-hydrogen) atoms. The molecular formula is C26H36FN6O8P. The van der Waals surface area contributed by atoms with Gasteiger partial charge in [-0.2, -0.15) is 0 Å². The predicted octanol–water partition coefficient (Wildman–Crippen LogP) is 4.18. The average Bonchev–Trinajstić information content (AvgIpc) is 3.60. The minimum absolute atomic E-state index is 0.0756. The van der Waals surface area contributed by atoms with Crippen molar-refractivity contribution in [1.82, 2.24) is 25.3 Å². The van der Waals surface area contributed by atoms with Crippen molar-refractivity contribution < 1.29 is 41.9 Å². The zero-order chi connectivity index (χ0) is 30.3. The van der Waals surface area contributed by atoms with Crippen LogP contribution in [0.5, 0.6) is 0 Å². The molecule has 14 nitrogen and oxygen atoms in total. The number of amides is 2. The number of aromatic amines is 1. The van der Waals surface area contributed by atoms with Gasteiger partial charge in [-0.25, -0.2) is 28.7 Å². The first-order chi connectivity index (χ1) is 20.0. The Hall–Kier alpha value is -3.04. The number of carbonyl (C=O) groups excluding carboxylic acids is 1. The summed E-state index contributed by atoms with van der Waals surface area (Å²) < 4.78 is 54.8. The maximum absolute atomic E-state index is 16.1. The Kier molecular flexibility index (Phi) is 10.6. The number of ether oxygens (including phenoxy) is 3. The van der Waals surface area contributed by atoms with Crippen LogP contribution < -0.4 is 10.6 Å². The van der Waals surface area contributed by atoms with E-state index in [-0.39, 0.29) is 30.5 Å². The highest BCUT2D eigenvalue weighted by Gasteiger charge is 2.36. The van der Waals surface area contributed by atoms with Crippen LogP contribution in [0.2, 0.25) is 0 Å². The van der Waals surface area contributed by atoms with Crippen LogP contribution in [0.4, 0.5) is 15.1 Å². The fourth-order valence-electron chi connectivity index (χ4n) is 4.43. The number of H-pyrrole nitrogens is 1. The highest BCUT2D eigenvalue weighted by molar-refractivity contribution is 7.47. The minimum atomic E-state index is -4.48. The number of hydrogen-bond donors (Lipinski definition) is 4. The second-order valence-electron chi connectivity index (χ2n) is 9.92. The standard InChI is InChI=1S/C26H36FN6O8P/c1-5-28-25(34)33-24-31-18-13-17(21(27)20(22(18)32-24)19-7-6-8-39-19)16-14-29-23(30-15-16)26(2,3)41-42(35,36)40-12-11-38-10-9-37-4/h13-15,19H,5-12H2,1-4H3,(H,35,36)(H3,28,31,32,33,34)/t19-/m1/s1. The number of carbonyl (C=O) groups is 1. The van der Waals surface area contributed by atoms with E-state index >= 15 is 4.39 Å². The minimum Gasteiger partial charge on any atom is -0.382 e. The number of urea groups is 1. The van der Waals surface area contributed by atoms with Gasteiger partial charge in [0, 0.05) is 49.3 Å². The molecule has 2 aromatic heterocycles. The Labute approximate surface area is 242 Å². The van der Waals surface area contributed by atoms with Crippen molar-refractivity contribution in [1.29, 1.82) is 0 Å². The summed E-state index contributed by atoms with van der Waals surface area (Å²) in [7, 11) is -2.95. The Morgan fingerprint density at radius 1 is 1.26 bits per heavy atom. The van der Waals surface area contributed by atoms with Gasteiger partial charge in [-0.3, -0.25) is 14.4 Å². The molecule has 1 aliphatic heterocycles. The van der Waals surface area contributed by atoms with Crippen molar-refractivity contribution >= 4 is 30.8 Å². The largest absolute Gasteiger partial charge is 0.473 e. The number of phosphoric acid groups is 1. The molecule has 0 saturated carbocycles. The highest BCUT2D eigenvalue weighted by Crippen LogP contribution is 2.49. The van der Waals surface area contributed by atoms with E-state index in [9.17, 15) is 14.3 Å². The number of fused-ring (bicyclic) bond motifs is 1. The summed E-state index contributed by atoms with van der Waals surface area (Å²) in [6.07, 6.45) is 3.69. The average molecular weight is 611 g/mol. The third kappa shape index (κ3) is 7.86. The molecule has 230 valence electrons. The van der Waals surface area contributed by atoms with Gasteiger partial charge in [0.05, 0.1) is 43.6 Å². The van der Waals surface area contributed by atoms with Gasteiger partial charge in [-0.1, -0.05) is 0 Å². The van der Waals surface area contributed by atoms with Crippen molar-refractivity contribution in [3.8, 4) is 11.1 Å². The van der Waals surface area contributed by atoms with Gasteiger partial charge in [-0.15, -0.1) is 0 Å². The summed E-state index contributed by atoms with van der Waals surface area (Å²) >= 11 is 0. The van der Waals surface area contributed by atoms with Crippen LogP contribution in [0.15, 0.2) is 18.5 Å². The van der Waals surface area contributed by atoms with Gasteiger partial charge in [0.2, 0.25) is 5.95 Å². The topological polar surface area (TPSA) is 179 Å². The zero-order valence-electron chi connectivity index (χ0n) is 23.9. The van der Waals surface area contributed by atoms with Crippen LogP contribution in [0.25, 0.3) is 22.2 Å². The number of hydrogen-bond acceptors (Lipinski definition) is 10. The molecule has 1 fully saturated rings. The number of halogens is 1. The van der Waals surface area contributed by atoms with E-state index < -0.39 is 31.4 Å². The van der Waals surface area contributed by atoms with Gasteiger partial charge in [0.25, 0.3) is 0 Å². The molecule has 2 atom stereocenters. The molecule has 0 spiro atoms. The zero-order valence-corrected chi connectivity index (χ0v) is 24.8. The Balaban J connectivity index is 1.56. The number of rotatable bonds is 14. The molecule has 1 aromatic carbocycles. The predicted molar refractivity (Wildman–Crippen MR) is 150 cm³/mol. The monoisotopic (exact) mass is 610 g/mol. The molecule has 3 aromatic rings. The summed E-state index contributed by atoms with van der Waals surface area (Å²) in [5.74, 6) is -0.292. The molecule has 4 N–H and O–H groups in total. The normalized spacial score (nSPS) is 17.0. The molecule has 0 radical (unpaired) electrons. The molecule has 0 aliphatic carbocycles. The lowest BCUT2D eigenvalue weighted by Gasteiger charge is -2.25. The second kappa shape index (κ2) is 14.0. The van der Waals surface area contributed by atoms with Gasteiger partial charge in [-0.05, 0) is 39.7 Å². The number of phosphoric ester groups is 1. The van der Waals surface area contributed by atoms with Crippen molar-refractivity contribution in [2.24, 2.45) is 0 Å². The van der Waals surface area contributed by atoms with Crippen molar-refractivity contribution in [3.05, 3.63) is 35.7 Å².